The zero-order chi connectivity index (χ0) is 19.5. The summed E-state index contributed by atoms with van der Waals surface area (Å²) in [5, 5.41) is 9.51. The number of nitrogens with zero attached hydrogens (tertiary/aromatic N) is 2. The van der Waals surface area contributed by atoms with Crippen LogP contribution in [0.5, 0.6) is 5.88 Å². The second-order valence-electron chi connectivity index (χ2n) is 7.42. The van der Waals surface area contributed by atoms with Crippen LogP contribution in [0.1, 0.15) is 24.5 Å². The van der Waals surface area contributed by atoms with Crippen molar-refractivity contribution in [3.8, 4) is 17.1 Å². The van der Waals surface area contributed by atoms with Crippen molar-refractivity contribution in [1.82, 2.24) is 9.55 Å². The van der Waals surface area contributed by atoms with Gasteiger partial charge >= 0.3 is 5.69 Å². The van der Waals surface area contributed by atoms with Crippen molar-refractivity contribution >= 4 is 0 Å². The highest BCUT2D eigenvalue weighted by Gasteiger charge is 2.21. The Hall–Kier alpha value is -2.22. The highest BCUT2D eigenvalue weighted by molar-refractivity contribution is 5.67. The molecule has 2 aliphatic heterocycles. The molecule has 4 rings (SSSR count). The van der Waals surface area contributed by atoms with Crippen molar-refractivity contribution in [1.29, 1.82) is 0 Å². The van der Waals surface area contributed by atoms with Gasteiger partial charge in [-0.05, 0) is 37.3 Å². The minimum atomic E-state index is -0.306. The summed E-state index contributed by atoms with van der Waals surface area (Å²) in [7, 11) is 0. The molecule has 0 spiro atoms. The third-order valence-corrected chi connectivity index (χ3v) is 5.19. The number of benzene rings is 1. The lowest BCUT2D eigenvalue weighted by atomic mass is 9.94. The molecule has 150 valence electrons. The fraction of sp³-hybridized carbons (Fsp3) is 0.524. The second kappa shape index (κ2) is 8.43. The van der Waals surface area contributed by atoms with Crippen LogP contribution < -0.4 is 10.4 Å². The molecule has 7 nitrogen and oxygen atoms in total. The quantitative estimate of drug-likeness (QED) is 0.812. The minimum Gasteiger partial charge on any atom is -0.475 e. The van der Waals surface area contributed by atoms with Crippen LogP contribution in [-0.4, -0.2) is 53.3 Å². The first-order valence-electron chi connectivity index (χ1n) is 9.84. The molecule has 0 radical (unpaired) electrons. The van der Waals surface area contributed by atoms with Crippen molar-refractivity contribution in [2.75, 3.05) is 26.4 Å². The predicted molar refractivity (Wildman–Crippen MR) is 104 cm³/mol. The summed E-state index contributed by atoms with van der Waals surface area (Å²) in [6, 6.07) is 8.13. The molecule has 0 aliphatic carbocycles. The molecule has 1 N–H and O–H groups in total. The molecule has 1 aromatic carbocycles. The number of hydrogen-bond acceptors (Lipinski definition) is 6. The van der Waals surface area contributed by atoms with E-state index >= 15 is 0 Å². The molecule has 1 fully saturated rings. The lowest BCUT2D eigenvalue weighted by Crippen LogP contribution is -2.34. The maximum atomic E-state index is 12.5. The fourth-order valence-electron chi connectivity index (χ4n) is 3.68. The van der Waals surface area contributed by atoms with E-state index < -0.39 is 0 Å². The summed E-state index contributed by atoms with van der Waals surface area (Å²) in [6.07, 6.45) is 1.92. The number of ether oxygens (including phenoxy) is 3. The van der Waals surface area contributed by atoms with Gasteiger partial charge in [0.15, 0.2) is 0 Å². The third-order valence-electron chi connectivity index (χ3n) is 5.19. The monoisotopic (exact) mass is 386 g/mol. The van der Waals surface area contributed by atoms with Crippen LogP contribution in [0.2, 0.25) is 0 Å². The Morgan fingerprint density at radius 1 is 1.36 bits per heavy atom. The topological polar surface area (TPSA) is 82.8 Å². The molecule has 1 saturated heterocycles. The van der Waals surface area contributed by atoms with Crippen LogP contribution in [-0.2, 0) is 28.9 Å². The SMILES string of the molecule is CC(O)CCc1ccc2c(c1)CCn1c-2cc(OC[C@@H]2COCCO2)nc1=O. The highest BCUT2D eigenvalue weighted by Crippen LogP contribution is 2.30. The Morgan fingerprint density at radius 2 is 2.25 bits per heavy atom. The van der Waals surface area contributed by atoms with Gasteiger partial charge in [0.2, 0.25) is 5.88 Å². The van der Waals surface area contributed by atoms with E-state index in [1.54, 1.807) is 11.5 Å². The van der Waals surface area contributed by atoms with Crippen LogP contribution in [0, 0.1) is 0 Å². The summed E-state index contributed by atoms with van der Waals surface area (Å²) in [6.45, 7) is 4.36. The summed E-state index contributed by atoms with van der Waals surface area (Å²) < 4.78 is 18.4. The molecule has 0 amide bonds. The average Bonchev–Trinajstić information content (AvgIpc) is 2.71. The molecule has 1 unspecified atom stereocenters. The number of hydrogen-bond donors (Lipinski definition) is 1. The van der Waals surface area contributed by atoms with Gasteiger partial charge in [0, 0.05) is 18.2 Å². The van der Waals surface area contributed by atoms with Crippen molar-refractivity contribution in [3.05, 3.63) is 45.9 Å². The number of aryl methyl sites for hydroxylation is 2. The van der Waals surface area contributed by atoms with E-state index in [0.717, 1.165) is 30.5 Å². The molecular weight excluding hydrogens is 360 g/mol. The maximum absolute atomic E-state index is 12.5. The number of aliphatic hydroxyl groups excluding tert-OH is 1. The summed E-state index contributed by atoms with van der Waals surface area (Å²) in [5.74, 6) is 0.316. The summed E-state index contributed by atoms with van der Waals surface area (Å²) in [4.78, 5) is 16.5. The Bertz CT molecular complexity index is 887. The first kappa shape index (κ1) is 19.1. The highest BCUT2D eigenvalue weighted by atomic mass is 16.6. The normalized spacial score (nSPS) is 19.6. The number of rotatable bonds is 6. The average molecular weight is 386 g/mol. The molecule has 2 aliphatic rings. The number of fused-ring (bicyclic) bond motifs is 3. The minimum absolute atomic E-state index is 0.141. The van der Waals surface area contributed by atoms with Crippen molar-refractivity contribution in [2.24, 2.45) is 0 Å². The Kier molecular flexibility index (Phi) is 5.75. The van der Waals surface area contributed by atoms with Crippen molar-refractivity contribution < 1.29 is 19.3 Å². The van der Waals surface area contributed by atoms with Gasteiger partial charge in [-0.25, -0.2) is 4.79 Å². The Labute approximate surface area is 163 Å². The van der Waals surface area contributed by atoms with Crippen LogP contribution in [0.15, 0.2) is 29.1 Å². The summed E-state index contributed by atoms with van der Waals surface area (Å²) in [5.41, 5.74) is 3.99. The van der Waals surface area contributed by atoms with Crippen LogP contribution in [0.4, 0.5) is 0 Å². The second-order valence-corrected chi connectivity index (χ2v) is 7.42. The molecule has 28 heavy (non-hydrogen) atoms. The van der Waals surface area contributed by atoms with Gasteiger partial charge in [-0.15, -0.1) is 0 Å². The van der Waals surface area contributed by atoms with Crippen molar-refractivity contribution in [2.45, 2.75) is 44.9 Å². The molecule has 0 saturated carbocycles. The fourth-order valence-corrected chi connectivity index (χ4v) is 3.68. The van der Waals surface area contributed by atoms with E-state index in [1.165, 1.54) is 11.1 Å². The van der Waals surface area contributed by atoms with E-state index in [0.29, 0.717) is 38.9 Å². The maximum Gasteiger partial charge on any atom is 0.351 e. The van der Waals surface area contributed by atoms with Gasteiger partial charge in [0.1, 0.15) is 12.7 Å². The van der Waals surface area contributed by atoms with Gasteiger partial charge in [-0.3, -0.25) is 4.57 Å². The lowest BCUT2D eigenvalue weighted by molar-refractivity contribution is -0.102. The van der Waals surface area contributed by atoms with E-state index in [2.05, 4.69) is 23.2 Å². The standard InChI is InChI=1S/C21H26N2O5/c1-14(24)2-3-15-4-5-18-16(10-15)6-7-23-19(18)11-20(22-21(23)25)28-13-17-12-26-8-9-27-17/h4-5,10-11,14,17,24H,2-3,6-9,12-13H2,1H3/t14?,17-/m0/s1. The molecule has 2 atom stereocenters. The van der Waals surface area contributed by atoms with Gasteiger partial charge in [-0.1, -0.05) is 18.2 Å². The number of aromatic nitrogens is 2. The largest absolute Gasteiger partial charge is 0.475 e. The zero-order valence-electron chi connectivity index (χ0n) is 16.1. The van der Waals surface area contributed by atoms with E-state index in [1.807, 2.05) is 6.07 Å². The lowest BCUT2D eigenvalue weighted by Gasteiger charge is -2.24. The smallest absolute Gasteiger partial charge is 0.351 e. The van der Waals surface area contributed by atoms with Crippen LogP contribution in [0.3, 0.4) is 0 Å². The van der Waals surface area contributed by atoms with Gasteiger partial charge in [0.25, 0.3) is 0 Å². The predicted octanol–water partition coefficient (Wildman–Crippen LogP) is 1.57. The van der Waals surface area contributed by atoms with E-state index in [9.17, 15) is 9.90 Å². The molecule has 1 aromatic heterocycles. The zero-order valence-corrected chi connectivity index (χ0v) is 16.1. The van der Waals surface area contributed by atoms with Crippen molar-refractivity contribution in [3.63, 3.8) is 0 Å². The Balaban J connectivity index is 1.55. The molecule has 3 heterocycles. The van der Waals surface area contributed by atoms with Gasteiger partial charge < -0.3 is 19.3 Å². The van der Waals surface area contributed by atoms with Gasteiger partial charge in [-0.2, -0.15) is 4.98 Å². The molecular formula is C21H26N2O5. The van der Waals surface area contributed by atoms with E-state index in [4.69, 9.17) is 14.2 Å². The molecule has 0 bridgehead atoms. The molecule has 7 heteroatoms. The Morgan fingerprint density at radius 3 is 3.04 bits per heavy atom. The van der Waals surface area contributed by atoms with E-state index in [-0.39, 0.29) is 17.9 Å². The first-order valence-corrected chi connectivity index (χ1v) is 9.84. The first-order chi connectivity index (χ1) is 13.6. The third kappa shape index (κ3) is 4.27. The molecule has 2 aromatic rings. The van der Waals surface area contributed by atoms with Crippen LogP contribution >= 0.6 is 0 Å². The number of aliphatic hydroxyl groups is 1. The van der Waals surface area contributed by atoms with Gasteiger partial charge in [0.05, 0.1) is 31.6 Å². The van der Waals surface area contributed by atoms with Crippen LogP contribution in [0.25, 0.3) is 11.3 Å². The summed E-state index contributed by atoms with van der Waals surface area (Å²) >= 11 is 0.